The van der Waals surface area contributed by atoms with E-state index < -0.39 is 0 Å². The van der Waals surface area contributed by atoms with Crippen LogP contribution >= 0.6 is 11.3 Å². The van der Waals surface area contributed by atoms with Crippen LogP contribution in [0.2, 0.25) is 0 Å². The van der Waals surface area contributed by atoms with Crippen molar-refractivity contribution in [2.45, 2.75) is 6.54 Å². The third-order valence-corrected chi connectivity index (χ3v) is 7.23. The fourth-order valence-electron chi connectivity index (χ4n) is 4.40. The molecule has 3 aromatic heterocycles. The smallest absolute Gasteiger partial charge is 0.266 e. The number of methoxy groups -OCH3 is 3. The Morgan fingerprint density at radius 1 is 1.00 bits per heavy atom. The molecule has 1 fully saturated rings. The lowest BCUT2D eigenvalue weighted by molar-refractivity contribution is 0.0633. The summed E-state index contributed by atoms with van der Waals surface area (Å²) in [5.41, 5.74) is 1.46. The van der Waals surface area contributed by atoms with E-state index in [1.807, 2.05) is 23.1 Å². The number of rotatable bonds is 6. The van der Waals surface area contributed by atoms with Crippen LogP contribution in [-0.4, -0.2) is 72.6 Å². The topological polar surface area (TPSA) is 85.6 Å². The number of nitrogens with zero attached hydrogens (tertiary/aromatic N) is 4. The molecule has 0 unspecified atom stereocenters. The maximum Gasteiger partial charge on any atom is 0.266 e. The summed E-state index contributed by atoms with van der Waals surface area (Å²) < 4.78 is 17.8. The highest BCUT2D eigenvalue weighted by molar-refractivity contribution is 7.20. The van der Waals surface area contributed by atoms with Crippen LogP contribution < -0.4 is 19.8 Å². The summed E-state index contributed by atoms with van der Waals surface area (Å²) in [5.74, 6) is 1.75. The Hall–Kier alpha value is -3.63. The minimum Gasteiger partial charge on any atom is -0.493 e. The van der Waals surface area contributed by atoms with Gasteiger partial charge in [-0.05, 0) is 35.9 Å². The van der Waals surface area contributed by atoms with Gasteiger partial charge in [0.25, 0.3) is 11.5 Å². The number of thiophene rings is 1. The number of aromatic nitrogens is 2. The molecule has 182 valence electrons. The van der Waals surface area contributed by atoms with Gasteiger partial charge in [0.05, 0.1) is 31.6 Å². The number of hydrogen-bond donors (Lipinski definition) is 0. The van der Waals surface area contributed by atoms with Crippen LogP contribution in [0.15, 0.2) is 47.4 Å². The van der Waals surface area contributed by atoms with Gasteiger partial charge in [0.2, 0.25) is 5.75 Å². The van der Waals surface area contributed by atoms with Gasteiger partial charge in [0, 0.05) is 38.9 Å². The lowest BCUT2D eigenvalue weighted by atomic mass is 10.1. The molecule has 9 nitrogen and oxygen atoms in total. The average molecular weight is 495 g/mol. The second kappa shape index (κ2) is 9.55. The van der Waals surface area contributed by atoms with Crippen LogP contribution in [0.4, 0.5) is 0 Å². The molecule has 5 rings (SSSR count). The first-order chi connectivity index (χ1) is 17.0. The van der Waals surface area contributed by atoms with E-state index in [1.165, 1.54) is 15.7 Å². The zero-order valence-electron chi connectivity index (χ0n) is 19.8. The molecule has 0 atom stereocenters. The van der Waals surface area contributed by atoms with Gasteiger partial charge < -0.3 is 19.1 Å². The van der Waals surface area contributed by atoms with Crippen molar-refractivity contribution < 1.29 is 19.0 Å². The highest BCUT2D eigenvalue weighted by Crippen LogP contribution is 2.38. The van der Waals surface area contributed by atoms with E-state index in [1.54, 1.807) is 45.7 Å². The van der Waals surface area contributed by atoms with Crippen molar-refractivity contribution in [2.75, 3.05) is 47.5 Å². The molecule has 10 heteroatoms. The van der Waals surface area contributed by atoms with E-state index in [-0.39, 0.29) is 11.5 Å². The number of piperazine rings is 1. The molecule has 1 saturated heterocycles. The molecule has 1 aliphatic heterocycles. The first-order valence-electron chi connectivity index (χ1n) is 11.2. The highest BCUT2D eigenvalue weighted by Gasteiger charge is 2.25. The van der Waals surface area contributed by atoms with E-state index in [0.29, 0.717) is 57.6 Å². The molecule has 0 aliphatic carbocycles. The van der Waals surface area contributed by atoms with E-state index >= 15 is 0 Å². The number of ether oxygens (including phenoxy) is 3. The molecule has 0 saturated carbocycles. The predicted octanol–water partition coefficient (Wildman–Crippen LogP) is 2.89. The van der Waals surface area contributed by atoms with Crippen molar-refractivity contribution in [3.8, 4) is 17.2 Å². The number of benzene rings is 1. The normalized spacial score (nSPS) is 14.4. The van der Waals surface area contributed by atoms with E-state index in [0.717, 1.165) is 18.7 Å². The lowest BCUT2D eigenvalue weighted by Crippen LogP contribution is -2.48. The van der Waals surface area contributed by atoms with Crippen LogP contribution in [0.1, 0.15) is 15.2 Å². The largest absolute Gasteiger partial charge is 0.493 e. The van der Waals surface area contributed by atoms with Crippen LogP contribution in [0.5, 0.6) is 17.2 Å². The summed E-state index contributed by atoms with van der Waals surface area (Å²) in [5, 5.41) is 0.475. The standard InChI is InChI=1S/C25H26N4O5S/c1-32-18-12-16(13-19(33-2)22(18)34-3)15-27-8-10-28(11-9-27)25(31)20-14-17-23(35-20)26-21-6-4-5-7-29(21)24(17)30/h4-7,12-14H,8-11,15H2,1-3H3. The van der Waals surface area contributed by atoms with Crippen molar-refractivity contribution in [1.82, 2.24) is 19.2 Å². The number of fused-ring (bicyclic) bond motifs is 2. The van der Waals surface area contributed by atoms with Crippen LogP contribution in [0.25, 0.3) is 15.9 Å². The maximum atomic E-state index is 13.2. The molecule has 0 bridgehead atoms. The summed E-state index contributed by atoms with van der Waals surface area (Å²) in [6.45, 7) is 3.38. The molecule has 1 amide bonds. The Morgan fingerprint density at radius 3 is 2.37 bits per heavy atom. The number of amides is 1. The first-order valence-corrected chi connectivity index (χ1v) is 12.1. The van der Waals surface area contributed by atoms with Crippen molar-refractivity contribution in [1.29, 1.82) is 0 Å². The maximum absolute atomic E-state index is 13.2. The Morgan fingerprint density at radius 2 is 1.71 bits per heavy atom. The second-order valence-corrected chi connectivity index (χ2v) is 9.31. The fourth-order valence-corrected chi connectivity index (χ4v) is 5.40. The SMILES string of the molecule is COc1cc(CN2CCN(C(=O)c3cc4c(=O)n5ccccc5nc4s3)CC2)cc(OC)c1OC. The quantitative estimate of drug-likeness (QED) is 0.407. The fraction of sp³-hybridized carbons (Fsp3) is 0.320. The number of pyridine rings is 1. The van der Waals surface area contributed by atoms with Gasteiger partial charge in [-0.25, -0.2) is 4.98 Å². The van der Waals surface area contributed by atoms with Gasteiger partial charge in [-0.2, -0.15) is 0 Å². The summed E-state index contributed by atoms with van der Waals surface area (Å²) >= 11 is 1.27. The predicted molar refractivity (Wildman–Crippen MR) is 134 cm³/mol. The Balaban J connectivity index is 1.29. The van der Waals surface area contributed by atoms with Crippen molar-refractivity contribution >= 4 is 33.1 Å². The zero-order valence-corrected chi connectivity index (χ0v) is 20.6. The molecule has 1 aromatic carbocycles. The van der Waals surface area contributed by atoms with Gasteiger partial charge in [-0.3, -0.25) is 18.9 Å². The van der Waals surface area contributed by atoms with Crippen LogP contribution in [0.3, 0.4) is 0 Å². The molecular weight excluding hydrogens is 468 g/mol. The summed E-state index contributed by atoms with van der Waals surface area (Å²) in [6, 6.07) is 11.0. The monoisotopic (exact) mass is 494 g/mol. The molecular formula is C25H26N4O5S. The summed E-state index contributed by atoms with van der Waals surface area (Å²) in [6.07, 6.45) is 1.69. The van der Waals surface area contributed by atoms with Crippen molar-refractivity contribution in [3.63, 3.8) is 0 Å². The number of carbonyl (C=O) groups excluding carboxylic acids is 1. The molecule has 35 heavy (non-hydrogen) atoms. The number of hydrogen-bond acceptors (Lipinski definition) is 8. The molecule has 4 aromatic rings. The van der Waals surface area contributed by atoms with Gasteiger partial charge in [0.1, 0.15) is 10.5 Å². The Labute approximate surface area is 206 Å². The molecule has 4 heterocycles. The van der Waals surface area contributed by atoms with E-state index in [2.05, 4.69) is 9.88 Å². The van der Waals surface area contributed by atoms with Crippen molar-refractivity contribution in [3.05, 3.63) is 63.4 Å². The van der Waals surface area contributed by atoms with Gasteiger partial charge in [-0.1, -0.05) is 6.07 Å². The zero-order chi connectivity index (χ0) is 24.5. The third kappa shape index (κ3) is 4.30. The second-order valence-electron chi connectivity index (χ2n) is 8.28. The van der Waals surface area contributed by atoms with Gasteiger partial charge in [-0.15, -0.1) is 11.3 Å². The highest BCUT2D eigenvalue weighted by atomic mass is 32.1. The Bertz CT molecular complexity index is 1430. The number of carbonyl (C=O) groups is 1. The minimum absolute atomic E-state index is 0.0612. The minimum atomic E-state index is -0.156. The molecule has 0 spiro atoms. The van der Waals surface area contributed by atoms with Crippen molar-refractivity contribution in [2.24, 2.45) is 0 Å². The summed E-state index contributed by atoms with van der Waals surface area (Å²) in [7, 11) is 4.79. The van der Waals surface area contributed by atoms with E-state index in [4.69, 9.17) is 14.2 Å². The average Bonchev–Trinajstić information content (AvgIpc) is 3.32. The molecule has 0 N–H and O–H groups in total. The first kappa shape index (κ1) is 23.1. The lowest BCUT2D eigenvalue weighted by Gasteiger charge is -2.34. The van der Waals surface area contributed by atoms with Gasteiger partial charge in [0.15, 0.2) is 11.5 Å². The third-order valence-electron chi connectivity index (χ3n) is 6.22. The van der Waals surface area contributed by atoms with Crippen LogP contribution in [-0.2, 0) is 6.54 Å². The van der Waals surface area contributed by atoms with E-state index in [9.17, 15) is 9.59 Å². The molecule has 1 aliphatic rings. The van der Waals surface area contributed by atoms with Gasteiger partial charge >= 0.3 is 0 Å². The Kier molecular flexibility index (Phi) is 6.31. The summed E-state index contributed by atoms with van der Waals surface area (Å²) in [4.78, 5) is 35.8. The molecule has 0 radical (unpaired) electrons. The van der Waals surface area contributed by atoms with Crippen LogP contribution in [0, 0.1) is 0 Å².